The first-order valence-electron chi connectivity index (χ1n) is 2.95. The smallest absolute Gasteiger partial charge is 0.148 e. The number of oxime groups is 1. The first-order valence-corrected chi connectivity index (χ1v) is 3.32. The molecule has 0 amide bonds. The van der Waals surface area contributed by atoms with Crippen molar-refractivity contribution in [3.05, 3.63) is 0 Å². The van der Waals surface area contributed by atoms with Gasteiger partial charge in [0.2, 0.25) is 0 Å². The highest BCUT2D eigenvalue weighted by molar-refractivity contribution is 6.36. The second kappa shape index (κ2) is 1.87. The fourth-order valence-electron chi connectivity index (χ4n) is 0.641. The third-order valence-electron chi connectivity index (χ3n) is 1.82. The van der Waals surface area contributed by atoms with Gasteiger partial charge in [-0.2, -0.15) is 0 Å². The lowest BCUT2D eigenvalue weighted by Crippen LogP contribution is -2.33. The molecular formula is C6H10ClNO. The van der Waals surface area contributed by atoms with E-state index in [4.69, 9.17) is 16.4 Å². The summed E-state index contributed by atoms with van der Waals surface area (Å²) in [5, 5.41) is 3.75. The molecule has 0 bridgehead atoms. The van der Waals surface area contributed by atoms with Crippen LogP contribution in [-0.4, -0.2) is 16.7 Å². The molecule has 0 aromatic rings. The number of nitrogens with zero attached hydrogens (tertiary/aromatic N) is 1. The molecule has 3 heteroatoms. The van der Waals surface area contributed by atoms with Crippen molar-refractivity contribution in [2.45, 2.75) is 31.7 Å². The highest BCUT2D eigenvalue weighted by atomic mass is 35.5. The van der Waals surface area contributed by atoms with E-state index in [9.17, 15) is 0 Å². The van der Waals surface area contributed by atoms with Crippen LogP contribution in [0.4, 0.5) is 0 Å². The van der Waals surface area contributed by atoms with Crippen LogP contribution in [0.2, 0.25) is 0 Å². The minimum Gasteiger partial charge on any atom is -0.391 e. The Hall–Kier alpha value is -0.240. The molecule has 52 valence electrons. The lowest BCUT2D eigenvalue weighted by Gasteiger charge is -2.17. The normalized spacial score (nSPS) is 42.2. The average molecular weight is 148 g/mol. The standard InChI is InChI=1S/C6H10ClNO/c1-4-6(3,7)5(2)9-8-4/h5H,1-3H3/t5?,6-/m1/s1. The van der Waals surface area contributed by atoms with Crippen molar-refractivity contribution in [1.29, 1.82) is 0 Å². The van der Waals surface area contributed by atoms with Crippen molar-refractivity contribution in [3.63, 3.8) is 0 Å². The average Bonchev–Trinajstić information content (AvgIpc) is 1.96. The number of rotatable bonds is 0. The van der Waals surface area contributed by atoms with Crippen LogP contribution in [0, 0.1) is 0 Å². The van der Waals surface area contributed by atoms with Crippen molar-refractivity contribution in [3.8, 4) is 0 Å². The Bertz CT molecular complexity index is 153. The van der Waals surface area contributed by atoms with Gasteiger partial charge >= 0.3 is 0 Å². The van der Waals surface area contributed by atoms with Gasteiger partial charge in [0.25, 0.3) is 0 Å². The van der Waals surface area contributed by atoms with Crippen LogP contribution < -0.4 is 0 Å². The lowest BCUT2D eigenvalue weighted by atomic mass is 10.0. The molecule has 1 aliphatic heterocycles. The van der Waals surface area contributed by atoms with Crippen LogP contribution in [0.15, 0.2) is 5.16 Å². The van der Waals surface area contributed by atoms with Gasteiger partial charge in [-0.15, -0.1) is 11.6 Å². The predicted octanol–water partition coefficient (Wildman–Crippen LogP) is 1.78. The van der Waals surface area contributed by atoms with Crippen molar-refractivity contribution in [1.82, 2.24) is 0 Å². The Labute approximate surface area is 59.8 Å². The number of hydrogen-bond acceptors (Lipinski definition) is 2. The van der Waals surface area contributed by atoms with E-state index in [1.807, 2.05) is 20.8 Å². The van der Waals surface area contributed by atoms with Gasteiger partial charge in [-0.1, -0.05) is 5.16 Å². The highest BCUT2D eigenvalue weighted by Crippen LogP contribution is 2.28. The first kappa shape index (κ1) is 6.87. The molecular weight excluding hydrogens is 138 g/mol. The Balaban J connectivity index is 2.81. The van der Waals surface area contributed by atoms with E-state index < -0.39 is 0 Å². The number of halogens is 1. The zero-order valence-corrected chi connectivity index (χ0v) is 6.57. The summed E-state index contributed by atoms with van der Waals surface area (Å²) >= 11 is 6.01. The molecule has 2 atom stereocenters. The van der Waals surface area contributed by atoms with E-state index in [-0.39, 0.29) is 11.0 Å². The van der Waals surface area contributed by atoms with Gasteiger partial charge in [0.05, 0.1) is 5.71 Å². The van der Waals surface area contributed by atoms with Crippen molar-refractivity contribution >= 4 is 17.3 Å². The van der Waals surface area contributed by atoms with Gasteiger partial charge in [-0.3, -0.25) is 0 Å². The quantitative estimate of drug-likeness (QED) is 0.479. The summed E-state index contributed by atoms with van der Waals surface area (Å²) in [5.74, 6) is 0. The monoisotopic (exact) mass is 147 g/mol. The van der Waals surface area contributed by atoms with Gasteiger partial charge in [0.1, 0.15) is 11.0 Å². The van der Waals surface area contributed by atoms with E-state index in [1.165, 1.54) is 0 Å². The molecule has 1 heterocycles. The fraction of sp³-hybridized carbons (Fsp3) is 0.833. The molecule has 0 fully saturated rings. The zero-order chi connectivity index (χ0) is 7.07. The Morgan fingerprint density at radius 2 is 2.33 bits per heavy atom. The molecule has 0 saturated heterocycles. The summed E-state index contributed by atoms with van der Waals surface area (Å²) < 4.78 is 0. The van der Waals surface area contributed by atoms with Gasteiger partial charge in [-0.05, 0) is 20.8 Å². The van der Waals surface area contributed by atoms with Crippen LogP contribution in [0.1, 0.15) is 20.8 Å². The third kappa shape index (κ3) is 0.917. The Morgan fingerprint density at radius 3 is 2.44 bits per heavy atom. The van der Waals surface area contributed by atoms with Crippen LogP contribution in [-0.2, 0) is 4.84 Å². The van der Waals surface area contributed by atoms with Gasteiger partial charge < -0.3 is 4.84 Å². The van der Waals surface area contributed by atoms with Gasteiger partial charge in [0, 0.05) is 0 Å². The summed E-state index contributed by atoms with van der Waals surface area (Å²) in [5.41, 5.74) is 0.858. The molecule has 9 heavy (non-hydrogen) atoms. The molecule has 0 aliphatic carbocycles. The van der Waals surface area contributed by atoms with E-state index in [0.717, 1.165) is 5.71 Å². The maximum Gasteiger partial charge on any atom is 0.148 e. The summed E-state index contributed by atoms with van der Waals surface area (Å²) in [6, 6.07) is 0. The van der Waals surface area contributed by atoms with Crippen LogP contribution in [0.5, 0.6) is 0 Å². The van der Waals surface area contributed by atoms with E-state index in [2.05, 4.69) is 5.16 Å². The van der Waals surface area contributed by atoms with E-state index in [0.29, 0.717) is 0 Å². The molecule has 0 N–H and O–H groups in total. The predicted molar refractivity (Wildman–Crippen MR) is 37.9 cm³/mol. The number of hydrogen-bond donors (Lipinski definition) is 0. The molecule has 1 aliphatic rings. The third-order valence-corrected chi connectivity index (χ3v) is 2.40. The first-order chi connectivity index (χ1) is 4.05. The molecule has 1 rings (SSSR count). The fourth-order valence-corrected chi connectivity index (χ4v) is 0.715. The Morgan fingerprint density at radius 1 is 1.78 bits per heavy atom. The molecule has 0 aromatic carbocycles. The second-order valence-electron chi connectivity index (χ2n) is 2.50. The Kier molecular flexibility index (Phi) is 1.43. The van der Waals surface area contributed by atoms with Crippen LogP contribution >= 0.6 is 11.6 Å². The summed E-state index contributed by atoms with van der Waals surface area (Å²) in [4.78, 5) is 4.55. The number of alkyl halides is 1. The zero-order valence-electron chi connectivity index (χ0n) is 5.81. The van der Waals surface area contributed by atoms with Crippen molar-refractivity contribution < 1.29 is 4.84 Å². The molecule has 2 nitrogen and oxygen atoms in total. The lowest BCUT2D eigenvalue weighted by molar-refractivity contribution is 0.0860. The second-order valence-corrected chi connectivity index (χ2v) is 3.29. The summed E-state index contributed by atoms with van der Waals surface area (Å²) in [6.07, 6.45) is -0.000772. The van der Waals surface area contributed by atoms with Crippen LogP contribution in [0.25, 0.3) is 0 Å². The molecule has 0 radical (unpaired) electrons. The maximum atomic E-state index is 6.01. The maximum absolute atomic E-state index is 6.01. The SMILES string of the molecule is CC1=NOC(C)[C@]1(C)Cl. The molecule has 0 saturated carbocycles. The minimum atomic E-state index is -0.389. The summed E-state index contributed by atoms with van der Waals surface area (Å²) in [6.45, 7) is 5.69. The molecule has 0 spiro atoms. The van der Waals surface area contributed by atoms with Gasteiger partial charge in [0.15, 0.2) is 0 Å². The van der Waals surface area contributed by atoms with Gasteiger partial charge in [-0.25, -0.2) is 0 Å². The summed E-state index contributed by atoms with van der Waals surface area (Å²) in [7, 11) is 0. The van der Waals surface area contributed by atoms with E-state index in [1.54, 1.807) is 0 Å². The topological polar surface area (TPSA) is 21.6 Å². The van der Waals surface area contributed by atoms with Crippen molar-refractivity contribution in [2.75, 3.05) is 0 Å². The van der Waals surface area contributed by atoms with Crippen LogP contribution in [0.3, 0.4) is 0 Å². The van der Waals surface area contributed by atoms with Crippen molar-refractivity contribution in [2.24, 2.45) is 5.16 Å². The highest BCUT2D eigenvalue weighted by Gasteiger charge is 2.38. The molecule has 0 aromatic heterocycles. The minimum absolute atomic E-state index is 0.000772. The van der Waals surface area contributed by atoms with E-state index >= 15 is 0 Å². The largest absolute Gasteiger partial charge is 0.391 e. The molecule has 1 unspecified atom stereocenters.